The molecule has 0 aliphatic heterocycles. The molecule has 1 amide bonds. The fraction of sp³-hybridized carbons (Fsp3) is 0.462. The number of nitrogens with one attached hydrogen (secondary N) is 1. The van der Waals surface area contributed by atoms with Gasteiger partial charge in [0.05, 0.1) is 35.7 Å². The lowest BCUT2D eigenvalue weighted by Crippen LogP contribution is -2.39. The Hall–Kier alpha value is -1.36. The molecular weight excluding hydrogens is 373 g/mol. The second-order valence-corrected chi connectivity index (χ2v) is 7.22. The number of alkyl halides is 3. The zero-order valence-electron chi connectivity index (χ0n) is 12.9. The van der Waals surface area contributed by atoms with Crippen LogP contribution in [0.5, 0.6) is 0 Å². The van der Waals surface area contributed by atoms with E-state index in [4.69, 9.17) is 16.3 Å². The highest BCUT2D eigenvalue weighted by atomic mass is 35.5. The van der Waals surface area contributed by atoms with Crippen molar-refractivity contribution in [3.05, 3.63) is 28.8 Å². The molecule has 6 nitrogen and oxygen atoms in total. The van der Waals surface area contributed by atoms with Gasteiger partial charge in [0.1, 0.15) is 0 Å². The molecule has 136 valence electrons. The van der Waals surface area contributed by atoms with Crippen molar-refractivity contribution in [1.29, 1.82) is 0 Å². The fourth-order valence-corrected chi connectivity index (χ4v) is 2.63. The summed E-state index contributed by atoms with van der Waals surface area (Å²) >= 11 is 5.77. The van der Waals surface area contributed by atoms with Crippen LogP contribution in [0.4, 0.5) is 18.9 Å². The quantitative estimate of drug-likeness (QED) is 0.777. The molecule has 1 aromatic carbocycles. The van der Waals surface area contributed by atoms with Gasteiger partial charge >= 0.3 is 6.18 Å². The van der Waals surface area contributed by atoms with Crippen LogP contribution in [0.2, 0.25) is 5.02 Å². The average molecular weight is 389 g/mol. The summed E-state index contributed by atoms with van der Waals surface area (Å²) in [5, 5.41) is 2.09. The summed E-state index contributed by atoms with van der Waals surface area (Å²) in [6, 6.07) is 2.46. The van der Waals surface area contributed by atoms with Gasteiger partial charge in [-0.15, -0.1) is 0 Å². The van der Waals surface area contributed by atoms with Crippen molar-refractivity contribution >= 4 is 33.2 Å². The number of halogens is 4. The molecule has 0 fully saturated rings. The first-order valence-corrected chi connectivity index (χ1v) is 8.78. The van der Waals surface area contributed by atoms with E-state index in [1.807, 2.05) is 0 Å². The summed E-state index contributed by atoms with van der Waals surface area (Å²) in [5.41, 5.74) is -1.24. The van der Waals surface area contributed by atoms with Gasteiger partial charge in [-0.1, -0.05) is 11.6 Å². The molecule has 24 heavy (non-hydrogen) atoms. The molecule has 1 N–H and O–H groups in total. The van der Waals surface area contributed by atoms with Crippen LogP contribution in [-0.2, 0) is 25.7 Å². The number of amides is 1. The first-order chi connectivity index (χ1) is 10.9. The summed E-state index contributed by atoms with van der Waals surface area (Å²) in [6.07, 6.45) is -3.69. The maximum atomic E-state index is 12.7. The lowest BCUT2D eigenvalue weighted by atomic mass is 10.2. The van der Waals surface area contributed by atoms with Gasteiger partial charge in [0.15, 0.2) is 0 Å². The Morgan fingerprint density at radius 3 is 2.50 bits per heavy atom. The topological polar surface area (TPSA) is 75.7 Å². The predicted octanol–water partition coefficient (Wildman–Crippen LogP) is 2.21. The van der Waals surface area contributed by atoms with E-state index in [1.54, 1.807) is 0 Å². The van der Waals surface area contributed by atoms with E-state index in [0.29, 0.717) is 6.07 Å². The number of nitrogens with zero attached hydrogens (tertiary/aromatic N) is 1. The molecule has 0 unspecified atom stereocenters. The SMILES string of the molecule is COCCN(CC(=O)Nc1cc(C(F)(F)F)ccc1Cl)S(C)(=O)=O. The largest absolute Gasteiger partial charge is 0.416 e. The normalized spacial score (nSPS) is 12.5. The average Bonchev–Trinajstić information content (AvgIpc) is 2.43. The minimum Gasteiger partial charge on any atom is -0.383 e. The van der Waals surface area contributed by atoms with Gasteiger partial charge in [0, 0.05) is 13.7 Å². The highest BCUT2D eigenvalue weighted by molar-refractivity contribution is 7.88. The number of benzene rings is 1. The number of carbonyl (C=O) groups excluding carboxylic acids is 1. The number of hydrogen-bond donors (Lipinski definition) is 1. The molecule has 11 heteroatoms. The van der Waals surface area contributed by atoms with Gasteiger partial charge in [-0.25, -0.2) is 8.42 Å². The molecule has 0 bridgehead atoms. The van der Waals surface area contributed by atoms with Gasteiger partial charge in [-0.2, -0.15) is 17.5 Å². The molecule has 1 rings (SSSR count). The third-order valence-corrected chi connectivity index (χ3v) is 4.48. The number of sulfonamides is 1. The molecule has 0 aliphatic rings. The van der Waals surface area contributed by atoms with E-state index in [1.165, 1.54) is 7.11 Å². The van der Waals surface area contributed by atoms with Crippen molar-refractivity contribution in [3.63, 3.8) is 0 Å². The van der Waals surface area contributed by atoms with Gasteiger partial charge in [0.25, 0.3) is 0 Å². The molecule has 0 spiro atoms. The second-order valence-electron chi connectivity index (χ2n) is 4.83. The van der Waals surface area contributed by atoms with E-state index in [9.17, 15) is 26.4 Å². The van der Waals surface area contributed by atoms with Crippen LogP contribution in [0.25, 0.3) is 0 Å². The molecule has 1 aromatic rings. The van der Waals surface area contributed by atoms with Gasteiger partial charge in [0.2, 0.25) is 15.9 Å². The predicted molar refractivity (Wildman–Crippen MR) is 83.4 cm³/mol. The van der Waals surface area contributed by atoms with Crippen LogP contribution in [-0.4, -0.2) is 51.7 Å². The summed E-state index contributed by atoms with van der Waals surface area (Å²) in [5.74, 6) is -0.822. The van der Waals surface area contributed by atoms with Crippen molar-refractivity contribution in [2.24, 2.45) is 0 Å². The molecule has 0 atom stereocenters. The minimum atomic E-state index is -4.60. The van der Waals surface area contributed by atoms with Crippen LogP contribution in [0.15, 0.2) is 18.2 Å². The maximum Gasteiger partial charge on any atom is 0.416 e. The Balaban J connectivity index is 2.90. The highest BCUT2D eigenvalue weighted by Gasteiger charge is 2.31. The second kappa shape index (κ2) is 8.15. The molecule has 0 heterocycles. The Morgan fingerprint density at radius 1 is 1.38 bits per heavy atom. The molecule has 0 aromatic heterocycles. The monoisotopic (exact) mass is 388 g/mol. The van der Waals surface area contributed by atoms with E-state index in [2.05, 4.69) is 5.32 Å². The summed E-state index contributed by atoms with van der Waals surface area (Å²) < 4.78 is 66.8. The number of ether oxygens (including phenoxy) is 1. The Morgan fingerprint density at radius 2 is 2.00 bits per heavy atom. The zero-order chi connectivity index (χ0) is 18.5. The van der Waals surface area contributed by atoms with Crippen molar-refractivity contribution < 1.29 is 31.1 Å². The Labute approximate surface area is 142 Å². The highest BCUT2D eigenvalue weighted by Crippen LogP contribution is 2.33. The minimum absolute atomic E-state index is 0.0602. The number of carbonyl (C=O) groups is 1. The summed E-state index contributed by atoms with van der Waals surface area (Å²) in [4.78, 5) is 11.9. The fourth-order valence-electron chi connectivity index (χ4n) is 1.70. The molecule has 0 aliphatic carbocycles. The lowest BCUT2D eigenvalue weighted by Gasteiger charge is -2.19. The Kier molecular flexibility index (Phi) is 7.02. The van der Waals surface area contributed by atoms with Gasteiger partial charge in [-0.05, 0) is 18.2 Å². The maximum absolute atomic E-state index is 12.7. The number of rotatable bonds is 7. The zero-order valence-corrected chi connectivity index (χ0v) is 14.4. The van der Waals surface area contributed by atoms with Gasteiger partial charge < -0.3 is 10.1 Å². The third-order valence-electron chi connectivity index (χ3n) is 2.90. The van der Waals surface area contributed by atoms with Crippen molar-refractivity contribution in [2.75, 3.05) is 38.4 Å². The van der Waals surface area contributed by atoms with E-state index in [-0.39, 0.29) is 23.9 Å². The number of methoxy groups -OCH3 is 1. The van der Waals surface area contributed by atoms with Crippen LogP contribution < -0.4 is 5.32 Å². The van der Waals surface area contributed by atoms with Gasteiger partial charge in [-0.3, -0.25) is 4.79 Å². The van der Waals surface area contributed by atoms with Crippen molar-refractivity contribution in [1.82, 2.24) is 4.31 Å². The Bertz CT molecular complexity index is 695. The third kappa shape index (κ3) is 6.27. The summed E-state index contributed by atoms with van der Waals surface area (Å²) in [6.45, 7) is -0.585. The molecular formula is C13H16ClF3N2O4S. The van der Waals surface area contributed by atoms with Crippen LogP contribution in [0.3, 0.4) is 0 Å². The van der Waals surface area contributed by atoms with E-state index >= 15 is 0 Å². The molecule has 0 saturated heterocycles. The van der Waals surface area contributed by atoms with Crippen LogP contribution in [0, 0.1) is 0 Å². The molecule has 0 radical (unpaired) electrons. The smallest absolute Gasteiger partial charge is 0.383 e. The van der Waals surface area contributed by atoms with E-state index in [0.717, 1.165) is 22.7 Å². The lowest BCUT2D eigenvalue weighted by molar-refractivity contribution is -0.137. The summed E-state index contributed by atoms with van der Waals surface area (Å²) in [7, 11) is -2.32. The van der Waals surface area contributed by atoms with Crippen LogP contribution >= 0.6 is 11.6 Å². The first-order valence-electron chi connectivity index (χ1n) is 6.56. The van der Waals surface area contributed by atoms with Crippen LogP contribution in [0.1, 0.15) is 5.56 Å². The standard InChI is InChI=1S/C13H16ClF3N2O4S/c1-23-6-5-19(24(2,21)22)8-12(20)18-11-7-9(13(15,16)17)3-4-10(11)14/h3-4,7H,5-6,8H2,1-2H3,(H,18,20). The number of hydrogen-bond acceptors (Lipinski definition) is 4. The van der Waals surface area contributed by atoms with Crippen molar-refractivity contribution in [2.45, 2.75) is 6.18 Å². The van der Waals surface area contributed by atoms with Crippen molar-refractivity contribution in [3.8, 4) is 0 Å². The number of anilines is 1. The van der Waals surface area contributed by atoms with E-state index < -0.39 is 34.2 Å². The first kappa shape index (κ1) is 20.7. The molecule has 0 saturated carbocycles.